The summed E-state index contributed by atoms with van der Waals surface area (Å²) in [5.74, 6) is 6.95. The Bertz CT molecular complexity index is 415. The summed E-state index contributed by atoms with van der Waals surface area (Å²) >= 11 is 7.20. The van der Waals surface area contributed by atoms with Crippen molar-refractivity contribution in [3.8, 4) is 0 Å². The molecular weight excluding hydrogens is 280 g/mol. The lowest BCUT2D eigenvalue weighted by molar-refractivity contribution is -0.132. The third-order valence-corrected chi connectivity index (χ3v) is 4.85. The molecule has 19 heavy (non-hydrogen) atoms. The van der Waals surface area contributed by atoms with Crippen molar-refractivity contribution in [3.63, 3.8) is 0 Å². The summed E-state index contributed by atoms with van der Waals surface area (Å²) in [6.07, 6.45) is 3.55. The monoisotopic (exact) mass is 302 g/mol. The lowest BCUT2D eigenvalue weighted by atomic mass is 9.88. The number of hydrazine groups is 1. The van der Waals surface area contributed by atoms with Gasteiger partial charge in [0.1, 0.15) is 11.7 Å². The zero-order valence-electron chi connectivity index (χ0n) is 11.9. The van der Waals surface area contributed by atoms with Gasteiger partial charge in [-0.3, -0.25) is 9.80 Å². The molecule has 0 aromatic carbocycles. The Morgan fingerprint density at radius 3 is 2.74 bits per heavy atom. The molecule has 1 amide bonds. The predicted molar refractivity (Wildman–Crippen MR) is 82.5 cm³/mol. The van der Waals surface area contributed by atoms with Gasteiger partial charge in [-0.2, -0.15) is 11.8 Å². The highest BCUT2D eigenvalue weighted by atomic mass is 32.2. The van der Waals surface area contributed by atoms with Gasteiger partial charge >= 0.3 is 0 Å². The number of hydrogen-bond donors (Lipinski definition) is 2. The van der Waals surface area contributed by atoms with Gasteiger partial charge in [0.15, 0.2) is 5.11 Å². The molecule has 2 saturated heterocycles. The van der Waals surface area contributed by atoms with Crippen molar-refractivity contribution in [2.45, 2.75) is 50.9 Å². The lowest BCUT2D eigenvalue weighted by Crippen LogP contribution is -2.69. The van der Waals surface area contributed by atoms with Crippen molar-refractivity contribution in [3.05, 3.63) is 0 Å². The predicted octanol–water partition coefficient (Wildman–Crippen LogP) is 0.899. The normalized spacial score (nSPS) is 33.4. The minimum Gasteiger partial charge on any atom is -0.357 e. The number of carbonyl (C=O) groups is 1. The maximum atomic E-state index is 12.4. The van der Waals surface area contributed by atoms with E-state index in [2.05, 4.69) is 19.2 Å². The molecule has 108 valence electrons. The van der Waals surface area contributed by atoms with E-state index in [-0.39, 0.29) is 17.5 Å². The van der Waals surface area contributed by atoms with E-state index in [1.165, 1.54) is 5.01 Å². The molecule has 7 heteroatoms. The molecule has 2 atom stereocenters. The van der Waals surface area contributed by atoms with Crippen LogP contribution < -0.4 is 11.2 Å². The van der Waals surface area contributed by atoms with Gasteiger partial charge in [-0.15, -0.1) is 0 Å². The summed E-state index contributed by atoms with van der Waals surface area (Å²) in [4.78, 5) is 14.4. The van der Waals surface area contributed by atoms with Crippen molar-refractivity contribution in [2.24, 2.45) is 5.84 Å². The highest BCUT2D eigenvalue weighted by Crippen LogP contribution is 2.40. The molecule has 2 fully saturated rings. The third kappa shape index (κ3) is 2.32. The van der Waals surface area contributed by atoms with E-state index in [1.54, 1.807) is 11.8 Å². The molecule has 0 aromatic heterocycles. The third-order valence-electron chi connectivity index (χ3n) is 3.91. The molecule has 0 aliphatic carbocycles. The number of nitrogens with one attached hydrogen (secondary N) is 1. The Labute approximate surface area is 124 Å². The summed E-state index contributed by atoms with van der Waals surface area (Å²) < 4.78 is 0. The highest BCUT2D eigenvalue weighted by molar-refractivity contribution is 7.98. The molecule has 3 N–H and O–H groups in total. The first-order valence-electron chi connectivity index (χ1n) is 6.42. The van der Waals surface area contributed by atoms with Gasteiger partial charge in [-0.25, -0.2) is 5.84 Å². The summed E-state index contributed by atoms with van der Waals surface area (Å²) in [5, 5.41) is 5.33. The van der Waals surface area contributed by atoms with Crippen LogP contribution in [0.4, 0.5) is 0 Å². The highest BCUT2D eigenvalue weighted by Gasteiger charge is 2.58. The number of nitrogens with zero attached hydrogens (tertiary/aromatic N) is 2. The molecule has 0 saturated carbocycles. The zero-order chi connectivity index (χ0) is 14.4. The second-order valence-electron chi connectivity index (χ2n) is 6.08. The molecule has 2 aliphatic rings. The van der Waals surface area contributed by atoms with Crippen LogP contribution in [0.5, 0.6) is 0 Å². The molecule has 2 rings (SSSR count). The van der Waals surface area contributed by atoms with Gasteiger partial charge in [-0.1, -0.05) is 0 Å². The number of thiocarbonyl (C=S) groups is 1. The largest absolute Gasteiger partial charge is 0.357 e. The zero-order valence-corrected chi connectivity index (χ0v) is 13.5. The molecule has 0 bridgehead atoms. The van der Waals surface area contributed by atoms with Crippen molar-refractivity contribution in [1.29, 1.82) is 0 Å². The number of thioether (sulfide) groups is 1. The SMILES string of the molecule is CSCCC1C(=O)N(N)C2(C)CC(C)(C)NC(=S)N12. The van der Waals surface area contributed by atoms with Gasteiger partial charge in [0, 0.05) is 12.0 Å². The smallest absolute Gasteiger partial charge is 0.261 e. The van der Waals surface area contributed by atoms with Crippen molar-refractivity contribution in [2.75, 3.05) is 12.0 Å². The lowest BCUT2D eigenvalue weighted by Gasteiger charge is -2.51. The van der Waals surface area contributed by atoms with Crippen LogP contribution in [0.25, 0.3) is 0 Å². The Hall–Kier alpha value is -0.530. The average Bonchev–Trinajstić information content (AvgIpc) is 2.46. The van der Waals surface area contributed by atoms with Crippen LogP contribution in [0, 0.1) is 0 Å². The summed E-state index contributed by atoms with van der Waals surface area (Å²) in [6, 6.07) is -0.237. The van der Waals surface area contributed by atoms with Crippen LogP contribution >= 0.6 is 24.0 Å². The quantitative estimate of drug-likeness (QED) is 0.459. The number of rotatable bonds is 3. The first-order chi connectivity index (χ1) is 8.73. The van der Waals surface area contributed by atoms with Gasteiger partial charge in [0.25, 0.3) is 5.91 Å². The van der Waals surface area contributed by atoms with Gasteiger partial charge in [0.05, 0.1) is 0 Å². The van der Waals surface area contributed by atoms with Crippen molar-refractivity contribution in [1.82, 2.24) is 15.2 Å². The molecule has 0 spiro atoms. The van der Waals surface area contributed by atoms with Crippen LogP contribution in [0.2, 0.25) is 0 Å². The summed E-state index contributed by atoms with van der Waals surface area (Å²) in [7, 11) is 0. The number of hydrogen-bond acceptors (Lipinski definition) is 4. The first kappa shape index (κ1) is 14.9. The second kappa shape index (κ2) is 4.79. The fraction of sp³-hybridized carbons (Fsp3) is 0.833. The fourth-order valence-electron chi connectivity index (χ4n) is 3.20. The Kier molecular flexibility index (Phi) is 3.75. The molecule has 0 aromatic rings. The van der Waals surface area contributed by atoms with E-state index in [0.717, 1.165) is 18.6 Å². The van der Waals surface area contributed by atoms with E-state index in [9.17, 15) is 4.79 Å². The van der Waals surface area contributed by atoms with Crippen LogP contribution in [0.3, 0.4) is 0 Å². The number of nitrogens with two attached hydrogens (primary N) is 1. The molecule has 5 nitrogen and oxygen atoms in total. The number of fused-ring (bicyclic) bond motifs is 1. The number of carbonyl (C=O) groups excluding carboxylic acids is 1. The van der Waals surface area contributed by atoms with Crippen molar-refractivity contribution < 1.29 is 4.79 Å². The standard InChI is InChI=1S/C12H22N4OS2/c1-11(2)7-12(3)15(10(18)14-11)8(5-6-19-4)9(17)16(12)13/h8H,5-7,13H2,1-4H3,(H,14,18). The summed E-state index contributed by atoms with van der Waals surface area (Å²) in [6.45, 7) is 6.16. The molecule has 2 unspecified atom stereocenters. The average molecular weight is 302 g/mol. The maximum absolute atomic E-state index is 12.4. The molecule has 0 radical (unpaired) electrons. The van der Waals surface area contributed by atoms with Gasteiger partial charge in [0.2, 0.25) is 0 Å². The van der Waals surface area contributed by atoms with Gasteiger partial charge in [-0.05, 0) is 51.4 Å². The second-order valence-corrected chi connectivity index (χ2v) is 7.46. The van der Waals surface area contributed by atoms with Crippen molar-refractivity contribution >= 4 is 35.0 Å². The minimum absolute atomic E-state index is 0.0293. The van der Waals surface area contributed by atoms with E-state index in [0.29, 0.717) is 5.11 Å². The Balaban J connectivity index is 2.34. The van der Waals surface area contributed by atoms with Gasteiger partial charge < -0.3 is 10.2 Å². The van der Waals surface area contributed by atoms with Crippen LogP contribution in [-0.4, -0.2) is 50.2 Å². The molecule has 2 heterocycles. The minimum atomic E-state index is -0.522. The molecular formula is C12H22N4OS2. The topological polar surface area (TPSA) is 61.6 Å². The molecule has 2 aliphatic heterocycles. The van der Waals surface area contributed by atoms with E-state index in [1.807, 2.05) is 18.1 Å². The van der Waals surface area contributed by atoms with E-state index in [4.69, 9.17) is 18.1 Å². The number of amides is 1. The van der Waals surface area contributed by atoms with Crippen LogP contribution in [-0.2, 0) is 4.79 Å². The van der Waals surface area contributed by atoms with E-state index < -0.39 is 5.66 Å². The summed E-state index contributed by atoms with van der Waals surface area (Å²) in [5.41, 5.74) is -0.680. The Morgan fingerprint density at radius 2 is 2.16 bits per heavy atom. The maximum Gasteiger partial charge on any atom is 0.261 e. The first-order valence-corrected chi connectivity index (χ1v) is 8.22. The van der Waals surface area contributed by atoms with Crippen LogP contribution in [0.15, 0.2) is 0 Å². The van der Waals surface area contributed by atoms with E-state index >= 15 is 0 Å². The van der Waals surface area contributed by atoms with Crippen LogP contribution in [0.1, 0.15) is 33.6 Å². The Morgan fingerprint density at radius 1 is 1.53 bits per heavy atom. The fourth-order valence-corrected chi connectivity index (χ4v) is 4.26.